The number of ether oxygens (including phenoxy) is 2. The van der Waals surface area contributed by atoms with Gasteiger partial charge in [0.25, 0.3) is 0 Å². The van der Waals surface area contributed by atoms with Gasteiger partial charge in [0.2, 0.25) is 11.8 Å². The van der Waals surface area contributed by atoms with Crippen molar-refractivity contribution in [1.29, 1.82) is 0 Å². The van der Waals surface area contributed by atoms with E-state index in [1.807, 2.05) is 25.1 Å². The van der Waals surface area contributed by atoms with Crippen molar-refractivity contribution in [3.63, 3.8) is 0 Å². The molecule has 234 valence electrons. The van der Waals surface area contributed by atoms with Gasteiger partial charge in [0.1, 0.15) is 18.0 Å². The van der Waals surface area contributed by atoms with Crippen LogP contribution in [0.4, 0.5) is 9.93 Å². The van der Waals surface area contributed by atoms with E-state index in [9.17, 15) is 19.2 Å². The largest absolute Gasteiger partial charge is 0.482 e. The molecular weight excluding hydrogens is 586 g/mol. The molecule has 2 aromatic carbocycles. The van der Waals surface area contributed by atoms with E-state index in [1.165, 1.54) is 23.5 Å². The number of aromatic nitrogens is 1. The van der Waals surface area contributed by atoms with Crippen molar-refractivity contribution in [2.75, 3.05) is 46.1 Å². The van der Waals surface area contributed by atoms with E-state index in [-0.39, 0.29) is 50.5 Å². The number of hydrogen-bond acceptors (Lipinski definition) is 10. The highest BCUT2D eigenvalue weighted by atomic mass is 32.1. The summed E-state index contributed by atoms with van der Waals surface area (Å²) in [5, 5.41) is 6.52. The van der Waals surface area contributed by atoms with E-state index in [0.29, 0.717) is 17.4 Å². The Hall–Kier alpha value is -4.43. The molecule has 1 aromatic heterocycles. The van der Waals surface area contributed by atoms with Crippen molar-refractivity contribution in [1.82, 2.24) is 30.1 Å². The number of carbonyl (C=O) groups is 4. The summed E-state index contributed by atoms with van der Waals surface area (Å²) in [5.41, 5.74) is 8.39. The molecule has 3 heterocycles. The first-order chi connectivity index (χ1) is 21.2. The lowest BCUT2D eigenvalue weighted by Gasteiger charge is -2.45. The van der Waals surface area contributed by atoms with Gasteiger partial charge < -0.3 is 30.3 Å². The maximum absolute atomic E-state index is 14.1. The minimum atomic E-state index is -0.802. The first kappa shape index (κ1) is 31.0. The minimum Gasteiger partial charge on any atom is -0.482 e. The molecule has 2 aliphatic heterocycles. The molecule has 4 amide bonds. The number of carbonyl (C=O) groups excluding carboxylic acids is 4. The van der Waals surface area contributed by atoms with E-state index >= 15 is 0 Å². The Labute approximate surface area is 259 Å². The highest BCUT2D eigenvalue weighted by molar-refractivity contribution is 7.22. The van der Waals surface area contributed by atoms with Crippen LogP contribution in [-0.4, -0.2) is 101 Å². The zero-order valence-corrected chi connectivity index (χ0v) is 25.8. The maximum Gasteiger partial charge on any atom is 0.343 e. The topological polar surface area (TPSA) is 151 Å². The third kappa shape index (κ3) is 6.55. The Bertz CT molecular complexity index is 1530. The van der Waals surface area contributed by atoms with Gasteiger partial charge in [-0.1, -0.05) is 48.9 Å². The highest BCUT2D eigenvalue weighted by Crippen LogP contribution is 2.32. The Kier molecular flexibility index (Phi) is 9.49. The molecular formula is C30H37N7O6S. The number of esters is 1. The first-order valence-corrected chi connectivity index (χ1v) is 15.3. The molecule has 3 aromatic rings. The molecule has 0 bridgehead atoms. The van der Waals surface area contributed by atoms with Gasteiger partial charge in [-0.25, -0.2) is 14.6 Å². The number of methoxy groups -OCH3 is 1. The van der Waals surface area contributed by atoms with Gasteiger partial charge in [0, 0.05) is 26.6 Å². The van der Waals surface area contributed by atoms with E-state index in [2.05, 4.69) is 15.0 Å². The number of thiazole rings is 1. The molecule has 0 spiro atoms. The third-order valence-electron chi connectivity index (χ3n) is 7.87. The number of fused-ring (bicyclic) bond motifs is 2. The Morgan fingerprint density at radius 3 is 2.68 bits per heavy atom. The molecule has 2 aliphatic rings. The average molecular weight is 624 g/mol. The molecule has 44 heavy (non-hydrogen) atoms. The fraction of sp³-hybridized carbons (Fsp3) is 0.433. The molecule has 2 fully saturated rings. The molecule has 14 heteroatoms. The van der Waals surface area contributed by atoms with Crippen molar-refractivity contribution < 1.29 is 28.7 Å². The number of piperazine rings is 1. The van der Waals surface area contributed by atoms with Crippen LogP contribution in [0, 0.1) is 0 Å². The number of para-hydroxylation sites is 1. The van der Waals surface area contributed by atoms with Crippen molar-refractivity contribution in [2.45, 2.75) is 44.9 Å². The zero-order chi connectivity index (χ0) is 31.4. The average Bonchev–Trinajstić information content (AvgIpc) is 3.57. The Morgan fingerprint density at radius 2 is 1.95 bits per heavy atom. The summed E-state index contributed by atoms with van der Waals surface area (Å²) in [5.74, 6) is -0.445. The number of urea groups is 1. The monoisotopic (exact) mass is 623 g/mol. The van der Waals surface area contributed by atoms with Gasteiger partial charge in [-0.3, -0.25) is 14.6 Å². The lowest BCUT2D eigenvalue weighted by Crippen LogP contribution is -2.65. The lowest BCUT2D eigenvalue weighted by atomic mass is 9.99. The number of nitrogens with zero attached hydrogens (tertiary/aromatic N) is 5. The predicted molar refractivity (Wildman–Crippen MR) is 164 cm³/mol. The molecule has 0 unspecified atom stereocenters. The fourth-order valence-electron chi connectivity index (χ4n) is 5.56. The minimum absolute atomic E-state index is 0.0293. The number of anilines is 1. The van der Waals surface area contributed by atoms with Crippen LogP contribution in [-0.2, 0) is 32.1 Å². The Morgan fingerprint density at radius 1 is 1.18 bits per heavy atom. The quantitative estimate of drug-likeness (QED) is 0.242. The molecule has 0 aliphatic carbocycles. The van der Waals surface area contributed by atoms with E-state index in [4.69, 9.17) is 10.5 Å². The summed E-state index contributed by atoms with van der Waals surface area (Å²) in [6, 6.07) is 11.7. The van der Waals surface area contributed by atoms with Crippen molar-refractivity contribution in [2.24, 2.45) is 0 Å². The van der Waals surface area contributed by atoms with Crippen molar-refractivity contribution in [3.05, 3.63) is 53.6 Å². The van der Waals surface area contributed by atoms with Crippen molar-refractivity contribution in [3.8, 4) is 5.75 Å². The van der Waals surface area contributed by atoms with Gasteiger partial charge in [-0.15, -0.1) is 0 Å². The molecule has 3 N–H and O–H groups in total. The summed E-state index contributed by atoms with van der Waals surface area (Å²) in [7, 11) is 2.93. The van der Waals surface area contributed by atoms with Gasteiger partial charge in [-0.05, 0) is 35.7 Å². The van der Waals surface area contributed by atoms with Gasteiger partial charge in [0.05, 0.1) is 30.4 Å². The molecule has 0 saturated carbocycles. The number of nitrogen functional groups attached to an aromatic ring is 1. The molecule has 0 radical (unpaired) electrons. The standard InChI is InChI=1S/C30H37N7O6S/c1-4-5-13-32-30(41)34(2)36-17-25(38)37-22(14-19-9-11-21(12-10-19)43-18-26(39)42-3)28(40)35(16-24(36)37)15-20-7-6-8-23-27(20)33-29(31)44-23/h6-12,22,24H,4-5,13-18H2,1-3H3,(H2,31,33)(H,32,41)/t22-,24+/m0/s1. The second kappa shape index (κ2) is 13.5. The molecule has 2 saturated heterocycles. The van der Waals surface area contributed by atoms with Gasteiger partial charge in [0.15, 0.2) is 11.7 Å². The number of benzene rings is 2. The summed E-state index contributed by atoms with van der Waals surface area (Å²) >= 11 is 1.39. The van der Waals surface area contributed by atoms with Gasteiger partial charge in [-0.2, -0.15) is 5.01 Å². The Balaban J connectivity index is 1.42. The van der Waals surface area contributed by atoms with Crippen LogP contribution < -0.4 is 15.8 Å². The van der Waals surface area contributed by atoms with Crippen LogP contribution in [0.15, 0.2) is 42.5 Å². The maximum atomic E-state index is 14.1. The molecule has 5 rings (SSSR count). The number of unbranched alkanes of at least 4 members (excludes halogenated alkanes) is 1. The number of nitrogens with two attached hydrogens (primary N) is 1. The molecule has 2 atom stereocenters. The smallest absolute Gasteiger partial charge is 0.343 e. The van der Waals surface area contributed by atoms with Gasteiger partial charge >= 0.3 is 12.0 Å². The van der Waals surface area contributed by atoms with E-state index in [0.717, 1.165) is 34.2 Å². The van der Waals surface area contributed by atoms with Crippen LogP contribution in [0.3, 0.4) is 0 Å². The summed E-state index contributed by atoms with van der Waals surface area (Å²) < 4.78 is 11.0. The van der Waals surface area contributed by atoms with E-state index < -0.39 is 18.2 Å². The second-order valence-corrected chi connectivity index (χ2v) is 11.8. The van der Waals surface area contributed by atoms with Crippen LogP contribution >= 0.6 is 11.3 Å². The summed E-state index contributed by atoms with van der Waals surface area (Å²) in [6.45, 7) is 2.81. The van der Waals surface area contributed by atoms with Crippen LogP contribution in [0.1, 0.15) is 30.9 Å². The number of hydrazine groups is 1. The molecule has 13 nitrogen and oxygen atoms in total. The van der Waals surface area contributed by atoms with E-state index in [1.54, 1.807) is 46.1 Å². The van der Waals surface area contributed by atoms with Crippen LogP contribution in [0.25, 0.3) is 10.2 Å². The number of nitrogens with one attached hydrogen (secondary N) is 1. The number of hydrogen-bond donors (Lipinski definition) is 2. The second-order valence-electron chi connectivity index (χ2n) is 10.8. The number of amides is 4. The first-order valence-electron chi connectivity index (χ1n) is 14.5. The normalized spacial score (nSPS) is 18.4. The number of rotatable bonds is 11. The predicted octanol–water partition coefficient (Wildman–Crippen LogP) is 2.21. The van der Waals surface area contributed by atoms with Crippen LogP contribution in [0.2, 0.25) is 0 Å². The van der Waals surface area contributed by atoms with Crippen LogP contribution in [0.5, 0.6) is 5.75 Å². The third-order valence-corrected chi connectivity index (χ3v) is 8.72. The zero-order valence-electron chi connectivity index (χ0n) is 25.0. The summed E-state index contributed by atoms with van der Waals surface area (Å²) in [4.78, 5) is 59.9. The highest BCUT2D eigenvalue weighted by Gasteiger charge is 2.51. The van der Waals surface area contributed by atoms with Crippen molar-refractivity contribution >= 4 is 50.5 Å². The summed E-state index contributed by atoms with van der Waals surface area (Å²) in [6.07, 6.45) is 1.49. The fourth-order valence-corrected chi connectivity index (χ4v) is 6.34. The SMILES string of the molecule is CCCCNC(=O)N(C)N1CC(=O)N2[C@@H](Cc3ccc(OCC(=O)OC)cc3)C(=O)N(Cc3cccc4sc(N)nc34)C[C@@H]21. The lowest BCUT2D eigenvalue weighted by molar-refractivity contribution is -0.157.